The van der Waals surface area contributed by atoms with E-state index in [0.717, 1.165) is 11.1 Å². The fourth-order valence-electron chi connectivity index (χ4n) is 2.26. The quantitative estimate of drug-likeness (QED) is 0.793. The van der Waals surface area contributed by atoms with Gasteiger partial charge in [0.25, 0.3) is 0 Å². The third kappa shape index (κ3) is 2.90. The average molecular weight is 297 g/mol. The molecule has 0 saturated carbocycles. The maximum Gasteiger partial charge on any atom is 0.421 e. The zero-order chi connectivity index (χ0) is 15.5. The van der Waals surface area contributed by atoms with Crippen molar-refractivity contribution in [2.24, 2.45) is 0 Å². The minimum atomic E-state index is -0.584. The van der Waals surface area contributed by atoms with Crippen molar-refractivity contribution in [1.29, 1.82) is 0 Å². The third-order valence-corrected chi connectivity index (χ3v) is 3.30. The summed E-state index contributed by atoms with van der Waals surface area (Å²) in [5.41, 5.74) is 2.89. The van der Waals surface area contributed by atoms with E-state index in [1.165, 1.54) is 4.57 Å². The number of amides is 1. The molecule has 0 radical (unpaired) electrons. The van der Waals surface area contributed by atoms with Crippen molar-refractivity contribution in [2.75, 3.05) is 0 Å². The Balaban J connectivity index is 1.71. The fourth-order valence-corrected chi connectivity index (χ4v) is 2.26. The Morgan fingerprint density at radius 3 is 3.00 bits per heavy atom. The maximum absolute atomic E-state index is 12.0. The van der Waals surface area contributed by atoms with E-state index in [-0.39, 0.29) is 12.5 Å². The Morgan fingerprint density at radius 1 is 1.32 bits per heavy atom. The molecule has 22 heavy (non-hydrogen) atoms. The van der Waals surface area contributed by atoms with Gasteiger partial charge in [-0.3, -0.25) is 4.79 Å². The molecule has 0 aliphatic rings. The SMILES string of the molecule is Cc1cccc(CNC(=O)Cn2c(=O)oc3cccnc32)c1. The number of oxazole rings is 1. The van der Waals surface area contributed by atoms with Crippen LogP contribution in [-0.2, 0) is 17.9 Å². The molecule has 3 aromatic rings. The van der Waals surface area contributed by atoms with Crippen LogP contribution in [0.3, 0.4) is 0 Å². The van der Waals surface area contributed by atoms with Crippen molar-refractivity contribution in [3.8, 4) is 0 Å². The molecule has 1 aromatic carbocycles. The molecule has 1 N–H and O–H groups in total. The van der Waals surface area contributed by atoms with Gasteiger partial charge < -0.3 is 9.73 Å². The van der Waals surface area contributed by atoms with Crippen molar-refractivity contribution >= 4 is 17.1 Å². The van der Waals surface area contributed by atoms with Gasteiger partial charge in [0.2, 0.25) is 5.91 Å². The summed E-state index contributed by atoms with van der Waals surface area (Å²) in [7, 11) is 0. The second kappa shape index (κ2) is 5.85. The molecule has 0 spiro atoms. The largest absolute Gasteiger partial charge is 0.421 e. The van der Waals surface area contributed by atoms with Crippen molar-refractivity contribution in [3.05, 3.63) is 64.3 Å². The summed E-state index contributed by atoms with van der Waals surface area (Å²) in [5.74, 6) is -0.851. The topological polar surface area (TPSA) is 77.1 Å². The van der Waals surface area contributed by atoms with Crippen LogP contribution in [0.25, 0.3) is 11.2 Å². The van der Waals surface area contributed by atoms with E-state index in [9.17, 15) is 9.59 Å². The number of fused-ring (bicyclic) bond motifs is 1. The lowest BCUT2D eigenvalue weighted by atomic mass is 10.1. The van der Waals surface area contributed by atoms with Crippen LogP contribution < -0.4 is 11.1 Å². The minimum Gasteiger partial charge on any atom is -0.406 e. The first-order valence-electron chi connectivity index (χ1n) is 6.90. The number of benzene rings is 1. The lowest BCUT2D eigenvalue weighted by molar-refractivity contribution is -0.121. The van der Waals surface area contributed by atoms with Gasteiger partial charge in [0, 0.05) is 12.7 Å². The Morgan fingerprint density at radius 2 is 2.18 bits per heavy atom. The molecular weight excluding hydrogens is 282 g/mol. The second-order valence-corrected chi connectivity index (χ2v) is 5.05. The Kier molecular flexibility index (Phi) is 3.74. The van der Waals surface area contributed by atoms with E-state index in [4.69, 9.17) is 4.42 Å². The van der Waals surface area contributed by atoms with Gasteiger partial charge in [-0.15, -0.1) is 0 Å². The average Bonchev–Trinajstić information content (AvgIpc) is 2.81. The first-order valence-corrected chi connectivity index (χ1v) is 6.90. The molecule has 2 aromatic heterocycles. The van der Waals surface area contributed by atoms with Crippen molar-refractivity contribution in [3.63, 3.8) is 0 Å². The van der Waals surface area contributed by atoms with E-state index < -0.39 is 5.76 Å². The van der Waals surface area contributed by atoms with Gasteiger partial charge in [0.05, 0.1) is 0 Å². The van der Waals surface area contributed by atoms with Gasteiger partial charge in [0.1, 0.15) is 6.54 Å². The lowest BCUT2D eigenvalue weighted by Gasteiger charge is -2.06. The van der Waals surface area contributed by atoms with Crippen molar-refractivity contribution in [1.82, 2.24) is 14.9 Å². The summed E-state index contributed by atoms with van der Waals surface area (Å²) >= 11 is 0. The molecule has 2 heterocycles. The Bertz CT molecular complexity index is 879. The Labute approximate surface area is 126 Å². The summed E-state index contributed by atoms with van der Waals surface area (Å²) in [6, 6.07) is 11.2. The van der Waals surface area contributed by atoms with E-state index >= 15 is 0 Å². The second-order valence-electron chi connectivity index (χ2n) is 5.05. The van der Waals surface area contributed by atoms with Gasteiger partial charge in [0.15, 0.2) is 11.2 Å². The Hall–Kier alpha value is -2.89. The molecule has 6 heteroatoms. The number of nitrogens with zero attached hydrogens (tertiary/aromatic N) is 2. The number of nitrogens with one attached hydrogen (secondary N) is 1. The van der Waals surface area contributed by atoms with Gasteiger partial charge in [-0.05, 0) is 24.6 Å². The number of aryl methyl sites for hydroxylation is 1. The van der Waals surface area contributed by atoms with E-state index in [1.54, 1.807) is 18.3 Å². The third-order valence-electron chi connectivity index (χ3n) is 3.30. The van der Waals surface area contributed by atoms with Crippen LogP contribution in [0.2, 0.25) is 0 Å². The number of carbonyl (C=O) groups excluding carboxylic acids is 1. The number of hydrogen-bond acceptors (Lipinski definition) is 4. The maximum atomic E-state index is 12.0. The van der Waals surface area contributed by atoms with Crippen LogP contribution in [0, 0.1) is 6.92 Å². The molecule has 0 fully saturated rings. The lowest BCUT2D eigenvalue weighted by Crippen LogP contribution is -2.30. The van der Waals surface area contributed by atoms with Gasteiger partial charge in [-0.2, -0.15) is 0 Å². The number of aromatic nitrogens is 2. The summed E-state index contributed by atoms with van der Waals surface area (Å²) in [6.07, 6.45) is 1.55. The number of hydrogen-bond donors (Lipinski definition) is 1. The number of rotatable bonds is 4. The minimum absolute atomic E-state index is 0.116. The first-order chi connectivity index (χ1) is 10.6. The smallest absolute Gasteiger partial charge is 0.406 e. The molecule has 0 aliphatic heterocycles. The van der Waals surface area contributed by atoms with E-state index in [1.807, 2.05) is 31.2 Å². The molecule has 0 bridgehead atoms. The zero-order valence-electron chi connectivity index (χ0n) is 12.1. The van der Waals surface area contributed by atoms with Crippen LogP contribution in [0.4, 0.5) is 0 Å². The molecule has 6 nitrogen and oxygen atoms in total. The summed E-state index contributed by atoms with van der Waals surface area (Å²) in [4.78, 5) is 27.9. The molecule has 0 saturated heterocycles. The highest BCUT2D eigenvalue weighted by molar-refractivity contribution is 5.78. The van der Waals surface area contributed by atoms with E-state index in [2.05, 4.69) is 10.3 Å². The zero-order valence-corrected chi connectivity index (χ0v) is 12.1. The predicted octanol–water partition coefficient (Wildman–Crippen LogP) is 1.61. The van der Waals surface area contributed by atoms with E-state index in [0.29, 0.717) is 17.8 Å². The summed E-state index contributed by atoms with van der Waals surface area (Å²) < 4.78 is 6.27. The standard InChI is InChI=1S/C16H15N3O3/c1-11-4-2-5-12(8-11)9-18-14(20)10-19-15-13(22-16(19)21)6-3-7-17-15/h2-8H,9-10H2,1H3,(H,18,20). The van der Waals surface area contributed by atoms with Crippen LogP contribution in [0.1, 0.15) is 11.1 Å². The molecule has 0 atom stereocenters. The van der Waals surface area contributed by atoms with Gasteiger partial charge >= 0.3 is 5.76 Å². The molecule has 0 aliphatic carbocycles. The monoisotopic (exact) mass is 297 g/mol. The highest BCUT2D eigenvalue weighted by atomic mass is 16.4. The fraction of sp³-hybridized carbons (Fsp3) is 0.188. The van der Waals surface area contributed by atoms with Crippen molar-refractivity contribution < 1.29 is 9.21 Å². The molecule has 0 unspecified atom stereocenters. The molecular formula is C16H15N3O3. The van der Waals surface area contributed by atoms with Crippen LogP contribution in [0.5, 0.6) is 0 Å². The highest BCUT2D eigenvalue weighted by Crippen LogP contribution is 2.08. The van der Waals surface area contributed by atoms with Crippen LogP contribution in [0.15, 0.2) is 51.8 Å². The van der Waals surface area contributed by atoms with Crippen LogP contribution >= 0.6 is 0 Å². The summed E-state index contributed by atoms with van der Waals surface area (Å²) in [5, 5.41) is 2.79. The number of carbonyl (C=O) groups is 1. The molecule has 112 valence electrons. The first kappa shape index (κ1) is 14.1. The van der Waals surface area contributed by atoms with Gasteiger partial charge in [-0.1, -0.05) is 29.8 Å². The normalized spacial score (nSPS) is 10.8. The van der Waals surface area contributed by atoms with Crippen molar-refractivity contribution in [2.45, 2.75) is 20.0 Å². The highest BCUT2D eigenvalue weighted by Gasteiger charge is 2.13. The predicted molar refractivity (Wildman–Crippen MR) is 81.3 cm³/mol. The van der Waals surface area contributed by atoms with Crippen LogP contribution in [-0.4, -0.2) is 15.5 Å². The summed E-state index contributed by atoms with van der Waals surface area (Å²) in [6.45, 7) is 2.29. The molecule has 3 rings (SSSR count). The van der Waals surface area contributed by atoms with Gasteiger partial charge in [-0.25, -0.2) is 14.3 Å². The molecule has 1 amide bonds. The number of pyridine rings is 1.